The molecule has 0 aromatic carbocycles. The molecule has 1 aliphatic carbocycles. The van der Waals surface area contributed by atoms with Crippen LogP contribution in [0.5, 0.6) is 0 Å². The van der Waals surface area contributed by atoms with Gasteiger partial charge in [0.15, 0.2) is 5.69 Å². The molecule has 2 heterocycles. The molecule has 0 bridgehead atoms. The number of carbonyl (C=O) groups excluding carboxylic acids is 1. The number of amides is 1. The van der Waals surface area contributed by atoms with Crippen molar-refractivity contribution >= 4 is 22.2 Å². The number of nitrogens with one attached hydrogen (secondary N) is 1. The normalized spacial score (nSPS) is 17.0. The summed E-state index contributed by atoms with van der Waals surface area (Å²) in [6, 6.07) is 3.95. The van der Waals surface area contributed by atoms with Crippen LogP contribution in [0, 0.1) is 22.7 Å². The second-order valence-corrected chi connectivity index (χ2v) is 9.45. The molecule has 138 valence electrons. The van der Waals surface area contributed by atoms with Gasteiger partial charge in [-0.15, -0.1) is 11.3 Å². The molecule has 0 aliphatic heterocycles. The summed E-state index contributed by atoms with van der Waals surface area (Å²) in [4.78, 5) is 13.7. The van der Waals surface area contributed by atoms with E-state index in [1.165, 1.54) is 16.2 Å². The van der Waals surface area contributed by atoms with E-state index in [4.69, 9.17) is 4.52 Å². The lowest BCUT2D eigenvalue weighted by molar-refractivity contribution is 0.101. The lowest BCUT2D eigenvalue weighted by Crippen LogP contribution is -2.26. The van der Waals surface area contributed by atoms with Crippen LogP contribution in [-0.4, -0.2) is 11.1 Å². The molecule has 1 aliphatic rings. The predicted octanol–water partition coefficient (Wildman–Crippen LogP) is 5.13. The summed E-state index contributed by atoms with van der Waals surface area (Å²) >= 11 is 1.53. The van der Waals surface area contributed by atoms with Crippen LogP contribution >= 0.6 is 11.3 Å². The van der Waals surface area contributed by atoms with E-state index in [-0.39, 0.29) is 22.9 Å². The quantitative estimate of drug-likeness (QED) is 0.811. The zero-order valence-corrected chi connectivity index (χ0v) is 16.8. The van der Waals surface area contributed by atoms with Crippen molar-refractivity contribution in [2.45, 2.75) is 59.8 Å². The van der Waals surface area contributed by atoms with Crippen molar-refractivity contribution in [1.82, 2.24) is 5.16 Å². The molecule has 6 heteroatoms. The number of aromatic nitrogens is 1. The molecule has 0 radical (unpaired) electrons. The maximum absolute atomic E-state index is 12.5. The Balaban J connectivity index is 1.84. The Morgan fingerprint density at radius 1 is 1.46 bits per heavy atom. The fraction of sp³-hybridized carbons (Fsp3) is 0.550. The maximum atomic E-state index is 12.5. The molecule has 2 aromatic heterocycles. The number of nitrogens with zero attached hydrogens (tertiary/aromatic N) is 2. The molecular weight excluding hydrogens is 346 g/mol. The molecule has 1 atom stereocenters. The van der Waals surface area contributed by atoms with Crippen molar-refractivity contribution < 1.29 is 9.32 Å². The summed E-state index contributed by atoms with van der Waals surface area (Å²) in [6.45, 7) is 10.8. The van der Waals surface area contributed by atoms with E-state index in [0.29, 0.717) is 22.2 Å². The van der Waals surface area contributed by atoms with Crippen LogP contribution in [0.2, 0.25) is 0 Å². The fourth-order valence-corrected chi connectivity index (χ4v) is 4.64. The van der Waals surface area contributed by atoms with Crippen LogP contribution in [0.4, 0.5) is 5.00 Å². The van der Waals surface area contributed by atoms with E-state index in [0.717, 1.165) is 24.8 Å². The number of hydrogen-bond donors (Lipinski definition) is 1. The summed E-state index contributed by atoms with van der Waals surface area (Å²) in [5, 5.41) is 17.0. The molecule has 0 unspecified atom stereocenters. The molecule has 3 rings (SSSR count). The van der Waals surface area contributed by atoms with Gasteiger partial charge < -0.3 is 9.84 Å². The van der Waals surface area contributed by atoms with E-state index in [2.05, 4.69) is 37.3 Å². The van der Waals surface area contributed by atoms with Gasteiger partial charge in [-0.05, 0) is 36.2 Å². The highest BCUT2D eigenvalue weighted by Crippen LogP contribution is 2.44. The highest BCUT2D eigenvalue weighted by molar-refractivity contribution is 7.16. The third-order valence-corrected chi connectivity index (χ3v) is 6.33. The third-order valence-electron chi connectivity index (χ3n) is 5.16. The van der Waals surface area contributed by atoms with Crippen molar-refractivity contribution in [3.05, 3.63) is 33.5 Å². The summed E-state index contributed by atoms with van der Waals surface area (Å²) in [6.07, 6.45) is 2.94. The summed E-state index contributed by atoms with van der Waals surface area (Å²) in [5.41, 5.74) is 2.21. The number of fused-ring (bicyclic) bond motifs is 1. The molecule has 1 amide bonds. The van der Waals surface area contributed by atoms with Gasteiger partial charge in [-0.1, -0.05) is 39.8 Å². The minimum Gasteiger partial charge on any atom is -0.360 e. The minimum atomic E-state index is -0.330. The van der Waals surface area contributed by atoms with Gasteiger partial charge in [-0.3, -0.25) is 4.79 Å². The van der Waals surface area contributed by atoms with Crippen molar-refractivity contribution in [3.8, 4) is 6.07 Å². The Bertz CT molecular complexity index is 865. The molecular formula is C20H25N3O2S. The number of carbonyl (C=O) groups is 1. The van der Waals surface area contributed by atoms with Crippen LogP contribution in [0.25, 0.3) is 0 Å². The standard InChI is InChI=1S/C20H25N3O2S/c1-11(2)16-9-15(23-25-16)18(24)22-19-14(10-21)13-7-6-12(20(3,4)5)8-17(13)26-19/h9,11-12H,6-8H2,1-5H3,(H,22,24)/t12-/m0/s1. The SMILES string of the molecule is CC(C)c1cc(C(=O)Nc2sc3c(c2C#N)CC[C@H](C(C)(C)C)C3)no1. The van der Waals surface area contributed by atoms with E-state index in [1.54, 1.807) is 6.07 Å². The first-order chi connectivity index (χ1) is 12.2. The monoisotopic (exact) mass is 371 g/mol. The molecule has 0 spiro atoms. The molecule has 5 nitrogen and oxygen atoms in total. The summed E-state index contributed by atoms with van der Waals surface area (Å²) < 4.78 is 5.20. The number of nitriles is 1. The molecule has 1 N–H and O–H groups in total. The Morgan fingerprint density at radius 2 is 2.19 bits per heavy atom. The molecule has 0 saturated carbocycles. The Morgan fingerprint density at radius 3 is 2.77 bits per heavy atom. The fourth-order valence-electron chi connectivity index (χ4n) is 3.37. The van der Waals surface area contributed by atoms with Crippen LogP contribution in [0.15, 0.2) is 10.6 Å². The highest BCUT2D eigenvalue weighted by Gasteiger charge is 2.32. The van der Waals surface area contributed by atoms with E-state index >= 15 is 0 Å². The van der Waals surface area contributed by atoms with Gasteiger partial charge in [-0.25, -0.2) is 0 Å². The Labute approximate surface area is 158 Å². The zero-order chi connectivity index (χ0) is 19.1. The number of rotatable bonds is 3. The van der Waals surface area contributed by atoms with Gasteiger partial charge in [0, 0.05) is 16.9 Å². The number of hydrogen-bond acceptors (Lipinski definition) is 5. The minimum absolute atomic E-state index is 0.169. The second kappa shape index (κ2) is 6.88. The van der Waals surface area contributed by atoms with Crippen molar-refractivity contribution in [2.75, 3.05) is 5.32 Å². The van der Waals surface area contributed by atoms with Crippen LogP contribution in [-0.2, 0) is 12.8 Å². The van der Waals surface area contributed by atoms with Gasteiger partial charge in [0.2, 0.25) is 0 Å². The highest BCUT2D eigenvalue weighted by atomic mass is 32.1. The van der Waals surface area contributed by atoms with Crippen LogP contribution in [0.1, 0.15) is 79.2 Å². The van der Waals surface area contributed by atoms with Gasteiger partial charge in [0.1, 0.15) is 16.8 Å². The molecule has 0 fully saturated rings. The van der Waals surface area contributed by atoms with Crippen molar-refractivity contribution in [2.24, 2.45) is 11.3 Å². The molecule has 0 saturated heterocycles. The Hall–Kier alpha value is -2.13. The summed E-state index contributed by atoms with van der Waals surface area (Å²) in [5.74, 6) is 1.10. The smallest absolute Gasteiger partial charge is 0.278 e. The van der Waals surface area contributed by atoms with Gasteiger partial charge >= 0.3 is 0 Å². The summed E-state index contributed by atoms with van der Waals surface area (Å²) in [7, 11) is 0. The van der Waals surface area contributed by atoms with Crippen LogP contribution < -0.4 is 5.32 Å². The first kappa shape index (κ1) is 18.7. The first-order valence-corrected chi connectivity index (χ1v) is 9.85. The lowest BCUT2D eigenvalue weighted by atomic mass is 9.72. The third kappa shape index (κ3) is 3.54. The van der Waals surface area contributed by atoms with Crippen molar-refractivity contribution in [1.29, 1.82) is 5.26 Å². The second-order valence-electron chi connectivity index (χ2n) is 8.35. The van der Waals surface area contributed by atoms with Gasteiger partial charge in [-0.2, -0.15) is 5.26 Å². The Kier molecular flexibility index (Phi) is 4.94. The first-order valence-electron chi connectivity index (χ1n) is 9.03. The predicted molar refractivity (Wildman–Crippen MR) is 103 cm³/mol. The van der Waals surface area contributed by atoms with Gasteiger partial charge in [0.25, 0.3) is 5.91 Å². The number of thiophene rings is 1. The topological polar surface area (TPSA) is 78.9 Å². The largest absolute Gasteiger partial charge is 0.360 e. The van der Waals surface area contributed by atoms with Crippen molar-refractivity contribution in [3.63, 3.8) is 0 Å². The van der Waals surface area contributed by atoms with Crippen LogP contribution in [0.3, 0.4) is 0 Å². The van der Waals surface area contributed by atoms with E-state index < -0.39 is 0 Å². The average Bonchev–Trinajstić information content (AvgIpc) is 3.17. The van der Waals surface area contributed by atoms with Gasteiger partial charge in [0.05, 0.1) is 5.56 Å². The average molecular weight is 372 g/mol. The molecule has 2 aromatic rings. The van der Waals surface area contributed by atoms with E-state index in [1.807, 2.05) is 13.8 Å². The maximum Gasteiger partial charge on any atom is 0.278 e. The number of anilines is 1. The lowest BCUT2D eigenvalue weighted by Gasteiger charge is -2.33. The zero-order valence-electron chi connectivity index (χ0n) is 16.0. The van der Waals surface area contributed by atoms with E-state index in [9.17, 15) is 10.1 Å². The molecule has 26 heavy (non-hydrogen) atoms.